The zero-order valence-corrected chi connectivity index (χ0v) is 16.2. The van der Waals surface area contributed by atoms with Gasteiger partial charge in [0, 0.05) is 36.9 Å². The van der Waals surface area contributed by atoms with E-state index in [-0.39, 0.29) is 5.91 Å². The SMILES string of the molecule is Cn1nc(C(=O)NCCc2ccccc2)c2c1CCC(NC1CCCC1)C2. The van der Waals surface area contributed by atoms with Gasteiger partial charge in [-0.3, -0.25) is 9.48 Å². The van der Waals surface area contributed by atoms with E-state index in [9.17, 15) is 4.79 Å². The third-order valence-corrected chi connectivity index (χ3v) is 6.04. The van der Waals surface area contributed by atoms with Crippen molar-refractivity contribution >= 4 is 5.91 Å². The predicted molar refractivity (Wildman–Crippen MR) is 107 cm³/mol. The lowest BCUT2D eigenvalue weighted by Crippen LogP contribution is -2.41. The lowest BCUT2D eigenvalue weighted by Gasteiger charge is -2.27. The molecule has 1 unspecified atom stereocenters. The Bertz CT molecular complexity index is 777. The van der Waals surface area contributed by atoms with Crippen molar-refractivity contribution in [2.24, 2.45) is 7.05 Å². The zero-order chi connectivity index (χ0) is 18.6. The van der Waals surface area contributed by atoms with E-state index in [1.54, 1.807) is 0 Å². The molecule has 2 aromatic rings. The fourth-order valence-electron chi connectivity index (χ4n) is 4.59. The number of carbonyl (C=O) groups is 1. The van der Waals surface area contributed by atoms with E-state index < -0.39 is 0 Å². The number of nitrogens with zero attached hydrogens (tertiary/aromatic N) is 2. The summed E-state index contributed by atoms with van der Waals surface area (Å²) in [7, 11) is 1.96. The third-order valence-electron chi connectivity index (χ3n) is 6.04. The molecule has 1 aromatic carbocycles. The molecule has 2 aliphatic rings. The third kappa shape index (κ3) is 4.24. The maximum atomic E-state index is 12.8. The Hall–Kier alpha value is -2.14. The molecule has 27 heavy (non-hydrogen) atoms. The largest absolute Gasteiger partial charge is 0.350 e. The highest BCUT2D eigenvalue weighted by Crippen LogP contribution is 2.26. The predicted octanol–water partition coefficient (Wildman–Crippen LogP) is 2.78. The van der Waals surface area contributed by atoms with Crippen LogP contribution in [0.3, 0.4) is 0 Å². The van der Waals surface area contributed by atoms with Gasteiger partial charge < -0.3 is 10.6 Å². The van der Waals surface area contributed by atoms with Crippen LogP contribution in [0.2, 0.25) is 0 Å². The Morgan fingerprint density at radius 2 is 1.93 bits per heavy atom. The van der Waals surface area contributed by atoms with E-state index in [2.05, 4.69) is 27.9 Å². The lowest BCUT2D eigenvalue weighted by atomic mass is 9.90. The Morgan fingerprint density at radius 1 is 1.15 bits per heavy atom. The van der Waals surface area contributed by atoms with Gasteiger partial charge in [-0.05, 0) is 44.1 Å². The standard InChI is InChI=1S/C22H30N4O/c1-26-20-12-11-18(24-17-9-5-6-10-17)15-19(20)21(25-26)22(27)23-14-13-16-7-3-2-4-8-16/h2-4,7-8,17-18,24H,5-6,9-15H2,1H3,(H,23,27). The molecule has 4 rings (SSSR count). The van der Waals surface area contributed by atoms with E-state index in [1.165, 1.54) is 36.9 Å². The topological polar surface area (TPSA) is 59.0 Å². The molecule has 0 spiro atoms. The molecule has 1 aromatic heterocycles. The molecule has 0 saturated heterocycles. The Labute approximate surface area is 161 Å². The number of fused-ring (bicyclic) bond motifs is 1. The number of amides is 1. The molecule has 1 saturated carbocycles. The van der Waals surface area contributed by atoms with Crippen LogP contribution in [0.1, 0.15) is 59.4 Å². The number of rotatable bonds is 6. The second-order valence-corrected chi connectivity index (χ2v) is 7.98. The lowest BCUT2D eigenvalue weighted by molar-refractivity contribution is 0.0947. The first-order valence-electron chi connectivity index (χ1n) is 10.3. The minimum atomic E-state index is -0.0377. The Morgan fingerprint density at radius 3 is 2.70 bits per heavy atom. The van der Waals surface area contributed by atoms with Crippen molar-refractivity contribution in [3.63, 3.8) is 0 Å². The average molecular weight is 367 g/mol. The minimum Gasteiger partial charge on any atom is -0.350 e. The molecule has 2 N–H and O–H groups in total. The highest BCUT2D eigenvalue weighted by Gasteiger charge is 2.29. The monoisotopic (exact) mass is 366 g/mol. The molecule has 5 heteroatoms. The quantitative estimate of drug-likeness (QED) is 0.826. The fourth-order valence-corrected chi connectivity index (χ4v) is 4.59. The second-order valence-electron chi connectivity index (χ2n) is 7.98. The minimum absolute atomic E-state index is 0.0377. The molecular formula is C22H30N4O. The smallest absolute Gasteiger partial charge is 0.272 e. The molecule has 1 heterocycles. The first kappa shape index (κ1) is 18.2. The molecule has 1 amide bonds. The van der Waals surface area contributed by atoms with Gasteiger partial charge in [0.25, 0.3) is 5.91 Å². The first-order chi connectivity index (χ1) is 13.2. The van der Waals surface area contributed by atoms with Gasteiger partial charge in [-0.15, -0.1) is 0 Å². The summed E-state index contributed by atoms with van der Waals surface area (Å²) in [6.07, 6.45) is 9.18. The molecule has 144 valence electrons. The van der Waals surface area contributed by atoms with E-state index in [0.717, 1.165) is 31.2 Å². The number of nitrogens with one attached hydrogen (secondary N) is 2. The average Bonchev–Trinajstić information content (AvgIpc) is 3.30. The van der Waals surface area contributed by atoms with Gasteiger partial charge in [0.2, 0.25) is 0 Å². The van der Waals surface area contributed by atoms with Crippen molar-refractivity contribution < 1.29 is 4.79 Å². The van der Waals surface area contributed by atoms with Gasteiger partial charge in [-0.2, -0.15) is 5.10 Å². The van der Waals surface area contributed by atoms with Crippen LogP contribution in [-0.2, 0) is 26.3 Å². The molecule has 1 atom stereocenters. The second kappa shape index (κ2) is 8.26. The molecule has 0 radical (unpaired) electrons. The molecule has 0 bridgehead atoms. The zero-order valence-electron chi connectivity index (χ0n) is 16.2. The number of hydrogen-bond donors (Lipinski definition) is 2. The fraction of sp³-hybridized carbons (Fsp3) is 0.545. The van der Waals surface area contributed by atoms with Crippen molar-refractivity contribution in [3.8, 4) is 0 Å². The van der Waals surface area contributed by atoms with Gasteiger partial charge in [-0.1, -0.05) is 43.2 Å². The maximum Gasteiger partial charge on any atom is 0.272 e. The van der Waals surface area contributed by atoms with E-state index in [4.69, 9.17) is 0 Å². The molecular weight excluding hydrogens is 336 g/mol. The Balaban J connectivity index is 1.39. The van der Waals surface area contributed by atoms with Gasteiger partial charge in [0.1, 0.15) is 0 Å². The Kier molecular flexibility index (Phi) is 5.58. The van der Waals surface area contributed by atoms with Gasteiger partial charge in [0.05, 0.1) is 0 Å². The first-order valence-corrected chi connectivity index (χ1v) is 10.3. The number of carbonyl (C=O) groups excluding carboxylic acids is 1. The van der Waals surface area contributed by atoms with Crippen LogP contribution in [-0.4, -0.2) is 34.3 Å². The van der Waals surface area contributed by atoms with Crippen LogP contribution in [0.5, 0.6) is 0 Å². The molecule has 5 nitrogen and oxygen atoms in total. The summed E-state index contributed by atoms with van der Waals surface area (Å²) in [5, 5.41) is 11.5. The number of hydrogen-bond acceptors (Lipinski definition) is 3. The maximum absolute atomic E-state index is 12.8. The number of aromatic nitrogens is 2. The van der Waals surface area contributed by atoms with Crippen molar-refractivity contribution in [2.75, 3.05) is 6.54 Å². The number of aryl methyl sites for hydroxylation is 1. The summed E-state index contributed by atoms with van der Waals surface area (Å²) in [5.41, 5.74) is 4.24. The molecule has 1 fully saturated rings. The van der Waals surface area contributed by atoms with E-state index in [0.29, 0.717) is 24.3 Å². The van der Waals surface area contributed by atoms with Gasteiger partial charge >= 0.3 is 0 Å². The van der Waals surface area contributed by atoms with Crippen LogP contribution in [0, 0.1) is 0 Å². The van der Waals surface area contributed by atoms with E-state index in [1.807, 2.05) is 29.9 Å². The van der Waals surface area contributed by atoms with Crippen molar-refractivity contribution in [3.05, 3.63) is 52.8 Å². The van der Waals surface area contributed by atoms with Gasteiger partial charge in [0.15, 0.2) is 5.69 Å². The summed E-state index contributed by atoms with van der Waals surface area (Å²) in [6, 6.07) is 11.4. The molecule has 2 aliphatic carbocycles. The highest BCUT2D eigenvalue weighted by atomic mass is 16.1. The van der Waals surface area contributed by atoms with Crippen molar-refractivity contribution in [2.45, 2.75) is 63.5 Å². The van der Waals surface area contributed by atoms with Crippen LogP contribution in [0.25, 0.3) is 0 Å². The number of benzene rings is 1. The van der Waals surface area contributed by atoms with E-state index >= 15 is 0 Å². The summed E-state index contributed by atoms with van der Waals surface area (Å²) in [4.78, 5) is 12.8. The van der Waals surface area contributed by atoms with Crippen LogP contribution in [0.15, 0.2) is 30.3 Å². The van der Waals surface area contributed by atoms with Crippen LogP contribution in [0.4, 0.5) is 0 Å². The van der Waals surface area contributed by atoms with Crippen molar-refractivity contribution in [1.82, 2.24) is 20.4 Å². The van der Waals surface area contributed by atoms with Crippen LogP contribution >= 0.6 is 0 Å². The van der Waals surface area contributed by atoms with Crippen molar-refractivity contribution in [1.29, 1.82) is 0 Å². The highest BCUT2D eigenvalue weighted by molar-refractivity contribution is 5.94. The summed E-state index contributed by atoms with van der Waals surface area (Å²) >= 11 is 0. The van der Waals surface area contributed by atoms with Gasteiger partial charge in [-0.25, -0.2) is 0 Å². The van der Waals surface area contributed by atoms with Crippen LogP contribution < -0.4 is 10.6 Å². The normalized spacial score (nSPS) is 19.8. The summed E-state index contributed by atoms with van der Waals surface area (Å²) in [6.45, 7) is 0.637. The summed E-state index contributed by atoms with van der Waals surface area (Å²) < 4.78 is 1.91. The molecule has 0 aliphatic heterocycles. The summed E-state index contributed by atoms with van der Waals surface area (Å²) in [5.74, 6) is -0.0377.